The Labute approximate surface area is 130 Å². The molecule has 0 aliphatic heterocycles. The summed E-state index contributed by atoms with van der Waals surface area (Å²) in [4.78, 5) is 11.1. The molecule has 110 valence electrons. The van der Waals surface area contributed by atoms with Crippen molar-refractivity contribution in [1.29, 1.82) is 0 Å². The van der Waals surface area contributed by atoms with E-state index in [1.165, 1.54) is 18.1 Å². The SMILES string of the molecule is CC(=O)C(Cl)Cc1ccc(OCc2ccccc2C)cc1. The second-order valence-electron chi connectivity index (χ2n) is 5.14. The largest absolute Gasteiger partial charge is 0.489 e. The van der Waals surface area contributed by atoms with Crippen LogP contribution in [0.1, 0.15) is 23.6 Å². The van der Waals surface area contributed by atoms with Crippen LogP contribution >= 0.6 is 11.6 Å². The summed E-state index contributed by atoms with van der Waals surface area (Å²) in [5, 5.41) is -0.455. The minimum Gasteiger partial charge on any atom is -0.489 e. The molecule has 0 heterocycles. The summed E-state index contributed by atoms with van der Waals surface area (Å²) in [6.07, 6.45) is 0.551. The molecule has 2 aromatic carbocycles. The number of alkyl halides is 1. The molecule has 0 N–H and O–H groups in total. The highest BCUT2D eigenvalue weighted by Gasteiger charge is 2.10. The van der Waals surface area contributed by atoms with Gasteiger partial charge >= 0.3 is 0 Å². The smallest absolute Gasteiger partial charge is 0.147 e. The van der Waals surface area contributed by atoms with E-state index in [0.717, 1.165) is 11.3 Å². The summed E-state index contributed by atoms with van der Waals surface area (Å²) in [6, 6.07) is 15.9. The first-order valence-electron chi connectivity index (χ1n) is 6.97. The maximum atomic E-state index is 11.1. The molecule has 1 unspecified atom stereocenters. The van der Waals surface area contributed by atoms with Crippen LogP contribution in [-0.4, -0.2) is 11.2 Å². The van der Waals surface area contributed by atoms with Gasteiger partial charge in [0, 0.05) is 0 Å². The number of hydrogen-bond acceptors (Lipinski definition) is 2. The van der Waals surface area contributed by atoms with Crippen molar-refractivity contribution < 1.29 is 9.53 Å². The number of carbonyl (C=O) groups is 1. The molecule has 0 spiro atoms. The molecule has 0 fully saturated rings. The Morgan fingerprint density at radius 2 is 1.81 bits per heavy atom. The van der Waals surface area contributed by atoms with Crippen LogP contribution in [0.5, 0.6) is 5.75 Å². The molecule has 0 saturated heterocycles. The van der Waals surface area contributed by atoms with Crippen LogP contribution in [0.2, 0.25) is 0 Å². The zero-order valence-electron chi connectivity index (χ0n) is 12.3. The molecule has 3 heteroatoms. The first-order valence-corrected chi connectivity index (χ1v) is 7.40. The number of hydrogen-bond donors (Lipinski definition) is 0. The van der Waals surface area contributed by atoms with Gasteiger partial charge in [-0.3, -0.25) is 4.79 Å². The normalized spacial score (nSPS) is 12.0. The summed E-state index contributed by atoms with van der Waals surface area (Å²) < 4.78 is 5.78. The molecule has 0 aliphatic carbocycles. The number of halogens is 1. The van der Waals surface area contributed by atoms with E-state index in [-0.39, 0.29) is 5.78 Å². The third-order valence-corrected chi connectivity index (χ3v) is 3.90. The van der Waals surface area contributed by atoms with Crippen LogP contribution in [0.4, 0.5) is 0 Å². The molecule has 0 amide bonds. The average Bonchev–Trinajstić information content (AvgIpc) is 2.48. The van der Waals surface area contributed by atoms with Gasteiger partial charge in [-0.25, -0.2) is 0 Å². The van der Waals surface area contributed by atoms with Gasteiger partial charge in [0.25, 0.3) is 0 Å². The van der Waals surface area contributed by atoms with Gasteiger partial charge in [-0.2, -0.15) is 0 Å². The lowest BCUT2D eigenvalue weighted by atomic mass is 10.1. The standard InChI is InChI=1S/C18H19ClO2/c1-13-5-3-4-6-16(13)12-21-17-9-7-15(8-10-17)11-18(19)14(2)20/h3-10,18H,11-12H2,1-2H3. The van der Waals surface area contributed by atoms with Crippen molar-refractivity contribution in [3.8, 4) is 5.75 Å². The van der Waals surface area contributed by atoms with Crippen LogP contribution in [0.3, 0.4) is 0 Å². The van der Waals surface area contributed by atoms with E-state index in [0.29, 0.717) is 13.0 Å². The van der Waals surface area contributed by atoms with E-state index in [1.54, 1.807) is 0 Å². The van der Waals surface area contributed by atoms with Gasteiger partial charge in [-0.15, -0.1) is 11.6 Å². The summed E-state index contributed by atoms with van der Waals surface area (Å²) in [6.45, 7) is 4.14. The quantitative estimate of drug-likeness (QED) is 0.743. The Kier molecular flexibility index (Phi) is 5.40. The van der Waals surface area contributed by atoms with Crippen LogP contribution < -0.4 is 4.74 Å². The molecular formula is C18H19ClO2. The van der Waals surface area contributed by atoms with Gasteiger partial charge < -0.3 is 4.74 Å². The molecule has 1 atom stereocenters. The molecule has 21 heavy (non-hydrogen) atoms. The summed E-state index contributed by atoms with van der Waals surface area (Å²) in [7, 11) is 0. The summed E-state index contributed by atoms with van der Waals surface area (Å²) in [5.41, 5.74) is 3.44. The highest BCUT2D eigenvalue weighted by molar-refractivity contribution is 6.30. The molecule has 0 bridgehead atoms. The van der Waals surface area contributed by atoms with Gasteiger partial charge in [-0.05, 0) is 49.1 Å². The first kappa shape index (κ1) is 15.6. The number of benzene rings is 2. The molecular weight excluding hydrogens is 284 g/mol. The summed E-state index contributed by atoms with van der Waals surface area (Å²) >= 11 is 5.97. The molecule has 0 saturated carbocycles. The van der Waals surface area contributed by atoms with E-state index in [2.05, 4.69) is 19.1 Å². The minimum atomic E-state index is -0.455. The Hall–Kier alpha value is -1.80. The number of ether oxygens (including phenoxy) is 1. The van der Waals surface area contributed by atoms with Gasteiger partial charge in [0.15, 0.2) is 0 Å². The fourth-order valence-corrected chi connectivity index (χ4v) is 2.18. The number of aryl methyl sites for hydroxylation is 1. The molecule has 2 nitrogen and oxygen atoms in total. The van der Waals surface area contributed by atoms with Crippen LogP contribution in [0.25, 0.3) is 0 Å². The highest BCUT2D eigenvalue weighted by atomic mass is 35.5. The predicted octanol–water partition coefficient (Wildman–Crippen LogP) is 4.31. The zero-order chi connectivity index (χ0) is 15.2. The van der Waals surface area contributed by atoms with E-state index >= 15 is 0 Å². The molecule has 0 aliphatic rings. The van der Waals surface area contributed by atoms with Gasteiger partial charge in [-0.1, -0.05) is 36.4 Å². The third-order valence-electron chi connectivity index (χ3n) is 3.43. The van der Waals surface area contributed by atoms with E-state index < -0.39 is 5.38 Å². The van der Waals surface area contributed by atoms with E-state index in [9.17, 15) is 4.79 Å². The average molecular weight is 303 g/mol. The molecule has 2 aromatic rings. The zero-order valence-corrected chi connectivity index (χ0v) is 13.1. The van der Waals surface area contributed by atoms with E-state index in [4.69, 9.17) is 16.3 Å². The van der Waals surface area contributed by atoms with Crippen molar-refractivity contribution >= 4 is 17.4 Å². The maximum Gasteiger partial charge on any atom is 0.147 e. The second kappa shape index (κ2) is 7.28. The number of ketones is 1. The predicted molar refractivity (Wildman–Crippen MR) is 86.0 cm³/mol. The highest BCUT2D eigenvalue weighted by Crippen LogP contribution is 2.17. The second-order valence-corrected chi connectivity index (χ2v) is 5.67. The number of carbonyl (C=O) groups excluding carboxylic acids is 1. The lowest BCUT2D eigenvalue weighted by Gasteiger charge is -2.10. The van der Waals surface area contributed by atoms with Gasteiger partial charge in [0.2, 0.25) is 0 Å². The number of rotatable bonds is 6. The fraction of sp³-hybridized carbons (Fsp3) is 0.278. The maximum absolute atomic E-state index is 11.1. The van der Waals surface area contributed by atoms with Crippen molar-refractivity contribution in [3.63, 3.8) is 0 Å². The Balaban J connectivity index is 1.94. The van der Waals surface area contributed by atoms with Crippen molar-refractivity contribution in [2.75, 3.05) is 0 Å². The lowest BCUT2D eigenvalue weighted by Crippen LogP contribution is -2.13. The molecule has 0 radical (unpaired) electrons. The third kappa shape index (κ3) is 4.61. The van der Waals surface area contributed by atoms with Crippen LogP contribution in [0, 0.1) is 6.92 Å². The topological polar surface area (TPSA) is 26.3 Å². The fourth-order valence-electron chi connectivity index (χ4n) is 2.01. The van der Waals surface area contributed by atoms with Crippen molar-refractivity contribution in [3.05, 3.63) is 65.2 Å². The molecule has 2 rings (SSSR count). The van der Waals surface area contributed by atoms with Crippen molar-refractivity contribution in [2.24, 2.45) is 0 Å². The van der Waals surface area contributed by atoms with Crippen LogP contribution in [0.15, 0.2) is 48.5 Å². The lowest BCUT2D eigenvalue weighted by molar-refractivity contribution is -0.116. The Morgan fingerprint density at radius 1 is 1.14 bits per heavy atom. The van der Waals surface area contributed by atoms with Crippen LogP contribution in [-0.2, 0) is 17.8 Å². The molecule has 0 aromatic heterocycles. The monoisotopic (exact) mass is 302 g/mol. The minimum absolute atomic E-state index is 0.00320. The summed E-state index contributed by atoms with van der Waals surface area (Å²) in [5.74, 6) is 0.812. The first-order chi connectivity index (χ1) is 10.1. The van der Waals surface area contributed by atoms with Crippen molar-refractivity contribution in [1.82, 2.24) is 0 Å². The van der Waals surface area contributed by atoms with Crippen molar-refractivity contribution in [2.45, 2.75) is 32.3 Å². The Morgan fingerprint density at radius 3 is 2.43 bits per heavy atom. The van der Waals surface area contributed by atoms with E-state index in [1.807, 2.05) is 36.4 Å². The van der Waals surface area contributed by atoms with Gasteiger partial charge in [0.1, 0.15) is 18.1 Å². The number of Topliss-reactive ketones (excluding diaryl/α,β-unsaturated/α-hetero) is 1. The van der Waals surface area contributed by atoms with Gasteiger partial charge in [0.05, 0.1) is 5.38 Å². The Bertz CT molecular complexity index is 605.